The lowest BCUT2D eigenvalue weighted by molar-refractivity contribution is 0.355. The third-order valence-electron chi connectivity index (χ3n) is 2.23. The number of methoxy groups -OCH3 is 1. The fourth-order valence-corrected chi connectivity index (χ4v) is 1.58. The Bertz CT molecular complexity index is 378. The molecule has 0 saturated heterocycles. The standard InChI is InChI=1S/C13H18ClNO2/c1-10(15)8-11-9-12(16-2)4-5-13(11)17-7-3-6-14/h3-6,9-10H,7-8,15H2,1-2H3/b6-3+. The molecular formula is C13H18ClNO2. The number of hydrogen-bond acceptors (Lipinski definition) is 3. The molecule has 0 fully saturated rings. The van der Waals surface area contributed by atoms with Crippen LogP contribution in [0.4, 0.5) is 0 Å². The number of halogens is 1. The van der Waals surface area contributed by atoms with E-state index < -0.39 is 0 Å². The minimum Gasteiger partial charge on any atom is -0.497 e. The maximum absolute atomic E-state index is 5.81. The fourth-order valence-electron chi connectivity index (χ4n) is 1.50. The van der Waals surface area contributed by atoms with Crippen molar-refractivity contribution in [1.29, 1.82) is 0 Å². The van der Waals surface area contributed by atoms with Gasteiger partial charge >= 0.3 is 0 Å². The van der Waals surface area contributed by atoms with Gasteiger partial charge in [-0.05, 0) is 43.2 Å². The molecule has 1 unspecified atom stereocenters. The average molecular weight is 256 g/mol. The topological polar surface area (TPSA) is 44.5 Å². The first-order chi connectivity index (χ1) is 8.17. The van der Waals surface area contributed by atoms with E-state index in [0.29, 0.717) is 6.61 Å². The van der Waals surface area contributed by atoms with E-state index in [1.807, 2.05) is 25.1 Å². The van der Waals surface area contributed by atoms with Gasteiger partial charge < -0.3 is 15.2 Å². The molecule has 1 atom stereocenters. The van der Waals surface area contributed by atoms with E-state index in [4.69, 9.17) is 26.8 Å². The highest BCUT2D eigenvalue weighted by molar-refractivity contribution is 6.25. The Morgan fingerprint density at radius 1 is 1.47 bits per heavy atom. The molecule has 4 heteroatoms. The summed E-state index contributed by atoms with van der Waals surface area (Å²) in [6, 6.07) is 5.78. The van der Waals surface area contributed by atoms with Crippen LogP contribution < -0.4 is 15.2 Å². The molecule has 1 aromatic rings. The van der Waals surface area contributed by atoms with Crippen LogP contribution in [-0.4, -0.2) is 19.8 Å². The van der Waals surface area contributed by atoms with Crippen molar-refractivity contribution in [3.63, 3.8) is 0 Å². The molecule has 94 valence electrons. The minimum absolute atomic E-state index is 0.0769. The van der Waals surface area contributed by atoms with Crippen molar-refractivity contribution in [2.45, 2.75) is 19.4 Å². The van der Waals surface area contributed by atoms with Crippen LogP contribution in [0.25, 0.3) is 0 Å². The van der Waals surface area contributed by atoms with E-state index >= 15 is 0 Å². The molecule has 0 amide bonds. The van der Waals surface area contributed by atoms with Crippen molar-refractivity contribution < 1.29 is 9.47 Å². The highest BCUT2D eigenvalue weighted by atomic mass is 35.5. The highest BCUT2D eigenvalue weighted by Crippen LogP contribution is 2.25. The van der Waals surface area contributed by atoms with E-state index in [1.54, 1.807) is 13.2 Å². The second-order valence-electron chi connectivity index (χ2n) is 3.83. The highest BCUT2D eigenvalue weighted by Gasteiger charge is 2.07. The fraction of sp³-hybridized carbons (Fsp3) is 0.385. The van der Waals surface area contributed by atoms with E-state index in [0.717, 1.165) is 23.5 Å². The van der Waals surface area contributed by atoms with Crippen molar-refractivity contribution in [1.82, 2.24) is 0 Å². The van der Waals surface area contributed by atoms with Gasteiger partial charge in [-0.3, -0.25) is 0 Å². The first-order valence-electron chi connectivity index (χ1n) is 5.48. The zero-order chi connectivity index (χ0) is 12.7. The average Bonchev–Trinajstić information content (AvgIpc) is 2.30. The number of benzene rings is 1. The van der Waals surface area contributed by atoms with Crippen LogP contribution in [0.1, 0.15) is 12.5 Å². The maximum Gasteiger partial charge on any atom is 0.123 e. The summed E-state index contributed by atoms with van der Waals surface area (Å²) >= 11 is 5.44. The van der Waals surface area contributed by atoms with Crippen LogP contribution in [0, 0.1) is 0 Å². The minimum atomic E-state index is 0.0769. The van der Waals surface area contributed by atoms with Gasteiger partial charge in [0.15, 0.2) is 0 Å². The van der Waals surface area contributed by atoms with Crippen LogP contribution >= 0.6 is 11.6 Å². The number of nitrogens with two attached hydrogens (primary N) is 1. The van der Waals surface area contributed by atoms with Gasteiger partial charge in [0.1, 0.15) is 18.1 Å². The molecule has 0 spiro atoms. The van der Waals surface area contributed by atoms with Crippen LogP contribution in [0.2, 0.25) is 0 Å². The predicted octanol–water partition coefficient (Wildman–Crippen LogP) is 2.72. The summed E-state index contributed by atoms with van der Waals surface area (Å²) in [5.74, 6) is 1.62. The molecule has 1 rings (SSSR count). The molecule has 0 aromatic heterocycles. The van der Waals surface area contributed by atoms with Gasteiger partial charge in [-0.25, -0.2) is 0 Å². The predicted molar refractivity (Wildman–Crippen MR) is 70.8 cm³/mol. The van der Waals surface area contributed by atoms with Crippen LogP contribution in [0.3, 0.4) is 0 Å². The molecule has 2 N–H and O–H groups in total. The van der Waals surface area contributed by atoms with Crippen molar-refractivity contribution in [3.05, 3.63) is 35.4 Å². The summed E-state index contributed by atoms with van der Waals surface area (Å²) in [5, 5.41) is 0. The Kier molecular flexibility index (Phi) is 5.87. The van der Waals surface area contributed by atoms with Crippen molar-refractivity contribution in [2.75, 3.05) is 13.7 Å². The molecule has 0 saturated carbocycles. The zero-order valence-corrected chi connectivity index (χ0v) is 10.9. The van der Waals surface area contributed by atoms with E-state index in [-0.39, 0.29) is 6.04 Å². The van der Waals surface area contributed by atoms with Crippen LogP contribution in [0.15, 0.2) is 29.8 Å². The normalized spacial score (nSPS) is 12.7. The monoisotopic (exact) mass is 255 g/mol. The Morgan fingerprint density at radius 2 is 2.24 bits per heavy atom. The molecule has 1 aromatic carbocycles. The second kappa shape index (κ2) is 7.20. The molecule has 0 aliphatic rings. The summed E-state index contributed by atoms with van der Waals surface area (Å²) in [6.45, 7) is 2.41. The zero-order valence-electron chi connectivity index (χ0n) is 10.2. The SMILES string of the molecule is COc1ccc(OC/C=C/Cl)c(CC(C)N)c1. The van der Waals surface area contributed by atoms with Crippen molar-refractivity contribution >= 4 is 11.6 Å². The number of hydrogen-bond donors (Lipinski definition) is 1. The summed E-state index contributed by atoms with van der Waals surface area (Å²) < 4.78 is 10.8. The van der Waals surface area contributed by atoms with Crippen molar-refractivity contribution in [3.8, 4) is 11.5 Å². The molecule has 0 radical (unpaired) electrons. The summed E-state index contributed by atoms with van der Waals surface area (Å²) in [6.07, 6.45) is 2.48. The molecule has 0 bridgehead atoms. The van der Waals surface area contributed by atoms with Gasteiger partial charge in [-0.1, -0.05) is 11.6 Å². The molecule has 17 heavy (non-hydrogen) atoms. The molecule has 0 aliphatic heterocycles. The molecule has 0 aliphatic carbocycles. The Hall–Kier alpha value is -1.19. The van der Waals surface area contributed by atoms with E-state index in [9.17, 15) is 0 Å². The van der Waals surface area contributed by atoms with Gasteiger partial charge in [-0.15, -0.1) is 0 Å². The lowest BCUT2D eigenvalue weighted by Crippen LogP contribution is -2.18. The summed E-state index contributed by atoms with van der Waals surface area (Å²) in [4.78, 5) is 0. The first kappa shape index (κ1) is 13.9. The molecular weight excluding hydrogens is 238 g/mol. The van der Waals surface area contributed by atoms with Gasteiger partial charge in [0.2, 0.25) is 0 Å². The lowest BCUT2D eigenvalue weighted by Gasteiger charge is -2.13. The van der Waals surface area contributed by atoms with Crippen LogP contribution in [-0.2, 0) is 6.42 Å². The Balaban J connectivity index is 2.85. The molecule has 3 nitrogen and oxygen atoms in total. The van der Waals surface area contributed by atoms with Crippen molar-refractivity contribution in [2.24, 2.45) is 5.73 Å². The smallest absolute Gasteiger partial charge is 0.123 e. The van der Waals surface area contributed by atoms with Gasteiger partial charge in [0.05, 0.1) is 7.11 Å². The molecule has 0 heterocycles. The Labute approximate surface area is 107 Å². The Morgan fingerprint density at radius 3 is 2.82 bits per heavy atom. The maximum atomic E-state index is 5.81. The quantitative estimate of drug-likeness (QED) is 0.850. The van der Waals surface area contributed by atoms with Gasteiger partial charge in [-0.2, -0.15) is 0 Å². The van der Waals surface area contributed by atoms with Crippen LogP contribution in [0.5, 0.6) is 11.5 Å². The third kappa shape index (κ3) is 4.67. The summed E-state index contributed by atoms with van der Waals surface area (Å²) in [7, 11) is 1.64. The lowest BCUT2D eigenvalue weighted by atomic mass is 10.1. The van der Waals surface area contributed by atoms with Gasteiger partial charge in [0, 0.05) is 11.6 Å². The summed E-state index contributed by atoms with van der Waals surface area (Å²) in [5.41, 5.74) is 8.29. The number of ether oxygens (including phenoxy) is 2. The van der Waals surface area contributed by atoms with Gasteiger partial charge in [0.25, 0.3) is 0 Å². The van der Waals surface area contributed by atoms with E-state index in [2.05, 4.69) is 0 Å². The third-order valence-corrected chi connectivity index (χ3v) is 2.41. The van der Waals surface area contributed by atoms with E-state index in [1.165, 1.54) is 5.54 Å². The second-order valence-corrected chi connectivity index (χ2v) is 4.08. The number of rotatable bonds is 6. The largest absolute Gasteiger partial charge is 0.497 e. The first-order valence-corrected chi connectivity index (χ1v) is 5.91.